The molecule has 0 aromatic heterocycles. The number of hydrogen-bond acceptors (Lipinski definition) is 3. The van der Waals surface area contributed by atoms with Crippen LogP contribution in [0.5, 0.6) is 5.75 Å². The summed E-state index contributed by atoms with van der Waals surface area (Å²) in [6.07, 6.45) is 0.423. The first-order valence-electron chi connectivity index (χ1n) is 7.70. The van der Waals surface area contributed by atoms with Crippen molar-refractivity contribution in [2.24, 2.45) is 5.73 Å². The standard InChI is InChI=1S/C19H24N2O2/c1-19(2,3)14-6-8-15(9-7-14)21-18(23)17(20)12-13-4-10-16(22)11-5-13/h4-11,17,22H,12,20H2,1-3H3,(H,21,23)/t17-/m0/s1. The molecule has 0 aliphatic rings. The Balaban J connectivity index is 1.96. The molecule has 2 aromatic carbocycles. The van der Waals surface area contributed by atoms with E-state index in [-0.39, 0.29) is 17.1 Å². The quantitative estimate of drug-likeness (QED) is 0.811. The van der Waals surface area contributed by atoms with Crippen LogP contribution in [0.15, 0.2) is 48.5 Å². The lowest BCUT2D eigenvalue weighted by molar-refractivity contribution is -0.117. The zero-order valence-corrected chi connectivity index (χ0v) is 13.8. The lowest BCUT2D eigenvalue weighted by Crippen LogP contribution is -2.37. The molecule has 0 fully saturated rings. The molecule has 4 heteroatoms. The van der Waals surface area contributed by atoms with Crippen molar-refractivity contribution in [3.8, 4) is 5.75 Å². The normalized spacial score (nSPS) is 12.7. The molecule has 0 radical (unpaired) electrons. The third-order valence-corrected chi connectivity index (χ3v) is 3.75. The van der Waals surface area contributed by atoms with Gasteiger partial charge in [-0.2, -0.15) is 0 Å². The molecular formula is C19H24N2O2. The minimum absolute atomic E-state index is 0.0812. The second kappa shape index (κ2) is 6.84. The predicted octanol–water partition coefficient (Wildman–Crippen LogP) is 3.20. The van der Waals surface area contributed by atoms with Crippen LogP contribution in [0.25, 0.3) is 0 Å². The fraction of sp³-hybridized carbons (Fsp3) is 0.316. The van der Waals surface area contributed by atoms with Crippen molar-refractivity contribution in [1.82, 2.24) is 0 Å². The topological polar surface area (TPSA) is 75.4 Å². The van der Waals surface area contributed by atoms with Gasteiger partial charge in [-0.05, 0) is 47.2 Å². The summed E-state index contributed by atoms with van der Waals surface area (Å²) < 4.78 is 0. The van der Waals surface area contributed by atoms with Gasteiger partial charge in [-0.3, -0.25) is 4.79 Å². The molecule has 0 aliphatic carbocycles. The van der Waals surface area contributed by atoms with E-state index in [1.54, 1.807) is 24.3 Å². The van der Waals surface area contributed by atoms with Crippen LogP contribution in [-0.4, -0.2) is 17.1 Å². The van der Waals surface area contributed by atoms with E-state index in [1.165, 1.54) is 5.56 Å². The van der Waals surface area contributed by atoms with E-state index in [2.05, 4.69) is 26.1 Å². The Kier molecular flexibility index (Phi) is 5.06. The summed E-state index contributed by atoms with van der Waals surface area (Å²) in [5, 5.41) is 12.1. The Morgan fingerprint density at radius 1 is 1.09 bits per heavy atom. The Bertz CT molecular complexity index is 655. The molecule has 0 unspecified atom stereocenters. The average Bonchev–Trinajstić information content (AvgIpc) is 2.49. The summed E-state index contributed by atoms with van der Waals surface area (Å²) in [6.45, 7) is 6.44. The van der Waals surface area contributed by atoms with Crippen molar-refractivity contribution in [2.45, 2.75) is 38.6 Å². The van der Waals surface area contributed by atoms with Crippen LogP contribution in [0.2, 0.25) is 0 Å². The van der Waals surface area contributed by atoms with Crippen LogP contribution in [0.1, 0.15) is 31.9 Å². The zero-order valence-electron chi connectivity index (χ0n) is 13.8. The van der Waals surface area contributed by atoms with Gasteiger partial charge in [0.25, 0.3) is 0 Å². The van der Waals surface area contributed by atoms with Gasteiger partial charge in [-0.25, -0.2) is 0 Å². The number of rotatable bonds is 4. The van der Waals surface area contributed by atoms with Crippen LogP contribution in [-0.2, 0) is 16.6 Å². The Morgan fingerprint density at radius 3 is 2.17 bits per heavy atom. The van der Waals surface area contributed by atoms with Gasteiger partial charge in [-0.1, -0.05) is 45.0 Å². The lowest BCUT2D eigenvalue weighted by atomic mass is 9.87. The summed E-state index contributed by atoms with van der Waals surface area (Å²) in [7, 11) is 0. The molecule has 23 heavy (non-hydrogen) atoms. The first kappa shape index (κ1) is 17.0. The van der Waals surface area contributed by atoms with Gasteiger partial charge >= 0.3 is 0 Å². The van der Waals surface area contributed by atoms with Gasteiger partial charge in [0, 0.05) is 5.69 Å². The molecule has 0 spiro atoms. The maximum atomic E-state index is 12.2. The van der Waals surface area contributed by atoms with Crippen molar-refractivity contribution in [3.63, 3.8) is 0 Å². The molecule has 1 amide bonds. The highest BCUT2D eigenvalue weighted by atomic mass is 16.3. The molecular weight excluding hydrogens is 288 g/mol. The highest BCUT2D eigenvalue weighted by molar-refractivity contribution is 5.94. The van der Waals surface area contributed by atoms with Crippen LogP contribution in [0.3, 0.4) is 0 Å². The largest absolute Gasteiger partial charge is 0.508 e. The van der Waals surface area contributed by atoms with Gasteiger partial charge in [0.1, 0.15) is 5.75 Å². The van der Waals surface area contributed by atoms with Crippen molar-refractivity contribution in [3.05, 3.63) is 59.7 Å². The molecule has 122 valence electrons. The number of amides is 1. The summed E-state index contributed by atoms with van der Waals surface area (Å²) in [5.41, 5.74) is 8.90. The number of benzene rings is 2. The SMILES string of the molecule is CC(C)(C)c1ccc(NC(=O)[C@@H](N)Cc2ccc(O)cc2)cc1. The van der Waals surface area contributed by atoms with E-state index >= 15 is 0 Å². The second-order valence-electron chi connectivity index (χ2n) is 6.79. The fourth-order valence-corrected chi connectivity index (χ4v) is 2.27. The predicted molar refractivity (Wildman–Crippen MR) is 93.6 cm³/mol. The average molecular weight is 312 g/mol. The second-order valence-corrected chi connectivity index (χ2v) is 6.79. The molecule has 0 saturated carbocycles. The van der Waals surface area contributed by atoms with E-state index in [0.29, 0.717) is 6.42 Å². The number of carbonyl (C=O) groups is 1. The number of hydrogen-bond donors (Lipinski definition) is 3. The van der Waals surface area contributed by atoms with Crippen LogP contribution in [0.4, 0.5) is 5.69 Å². The fourth-order valence-electron chi connectivity index (χ4n) is 2.27. The van der Waals surface area contributed by atoms with Crippen LogP contribution < -0.4 is 11.1 Å². The number of nitrogens with one attached hydrogen (secondary N) is 1. The minimum atomic E-state index is -0.637. The molecule has 2 rings (SSSR count). The lowest BCUT2D eigenvalue weighted by Gasteiger charge is -2.19. The van der Waals surface area contributed by atoms with Gasteiger partial charge in [0.2, 0.25) is 5.91 Å². The van der Waals surface area contributed by atoms with E-state index in [4.69, 9.17) is 5.73 Å². The monoisotopic (exact) mass is 312 g/mol. The zero-order chi connectivity index (χ0) is 17.0. The Hall–Kier alpha value is -2.33. The molecule has 1 atom stereocenters. The highest BCUT2D eigenvalue weighted by Gasteiger charge is 2.16. The van der Waals surface area contributed by atoms with E-state index in [0.717, 1.165) is 11.3 Å². The third kappa shape index (κ3) is 4.83. The van der Waals surface area contributed by atoms with E-state index in [9.17, 15) is 9.90 Å². The minimum Gasteiger partial charge on any atom is -0.508 e. The summed E-state index contributed by atoms with van der Waals surface area (Å²) in [5.74, 6) is -0.0210. The molecule has 0 aliphatic heterocycles. The Labute approximate surface area is 137 Å². The molecule has 0 heterocycles. The van der Waals surface area contributed by atoms with Crippen molar-refractivity contribution >= 4 is 11.6 Å². The molecule has 0 bridgehead atoms. The first-order chi connectivity index (χ1) is 10.8. The maximum absolute atomic E-state index is 12.2. The first-order valence-corrected chi connectivity index (χ1v) is 7.70. The summed E-state index contributed by atoms with van der Waals surface area (Å²) >= 11 is 0. The molecule has 4 nitrogen and oxygen atoms in total. The van der Waals surface area contributed by atoms with E-state index < -0.39 is 6.04 Å². The summed E-state index contributed by atoms with van der Waals surface area (Å²) in [4.78, 5) is 12.2. The number of aromatic hydroxyl groups is 1. The van der Waals surface area contributed by atoms with Gasteiger partial charge in [-0.15, -0.1) is 0 Å². The number of nitrogens with two attached hydrogens (primary N) is 1. The maximum Gasteiger partial charge on any atom is 0.241 e. The number of phenols is 1. The number of carbonyl (C=O) groups excluding carboxylic acids is 1. The van der Waals surface area contributed by atoms with Gasteiger partial charge < -0.3 is 16.2 Å². The number of phenolic OH excluding ortho intramolecular Hbond substituents is 1. The van der Waals surface area contributed by atoms with Gasteiger partial charge in [0.05, 0.1) is 6.04 Å². The number of anilines is 1. The highest BCUT2D eigenvalue weighted by Crippen LogP contribution is 2.23. The van der Waals surface area contributed by atoms with Crippen LogP contribution in [0, 0.1) is 0 Å². The Morgan fingerprint density at radius 2 is 1.65 bits per heavy atom. The summed E-state index contributed by atoms with van der Waals surface area (Å²) in [6, 6.07) is 13.9. The smallest absolute Gasteiger partial charge is 0.241 e. The van der Waals surface area contributed by atoms with Crippen molar-refractivity contribution < 1.29 is 9.90 Å². The third-order valence-electron chi connectivity index (χ3n) is 3.75. The van der Waals surface area contributed by atoms with E-state index in [1.807, 2.05) is 24.3 Å². The molecule has 4 N–H and O–H groups in total. The van der Waals surface area contributed by atoms with Crippen molar-refractivity contribution in [1.29, 1.82) is 0 Å². The van der Waals surface area contributed by atoms with Crippen LogP contribution >= 0.6 is 0 Å². The molecule has 0 saturated heterocycles. The van der Waals surface area contributed by atoms with Crippen molar-refractivity contribution in [2.75, 3.05) is 5.32 Å². The molecule has 2 aromatic rings. The van der Waals surface area contributed by atoms with Gasteiger partial charge in [0.15, 0.2) is 0 Å².